The summed E-state index contributed by atoms with van der Waals surface area (Å²) in [6.07, 6.45) is 2.11. The van der Waals surface area contributed by atoms with Crippen LogP contribution in [0.2, 0.25) is 0 Å². The van der Waals surface area contributed by atoms with Crippen molar-refractivity contribution in [2.24, 2.45) is 16.7 Å². The molecule has 0 aromatic heterocycles. The minimum absolute atomic E-state index is 0.202. The minimum Gasteiger partial charge on any atom is -0.299 e. The highest BCUT2D eigenvalue weighted by Gasteiger charge is 2.59. The molecule has 1 aliphatic rings. The Hall–Kier alpha value is -2.37. The third-order valence-corrected chi connectivity index (χ3v) is 3.86. The molecule has 18 heavy (non-hydrogen) atoms. The Bertz CT molecular complexity index is 497. The van der Waals surface area contributed by atoms with Gasteiger partial charge in [-0.05, 0) is 19.8 Å². The van der Waals surface area contributed by atoms with E-state index in [0.717, 1.165) is 12.8 Å². The number of nitriles is 4. The number of rotatable bonds is 2. The van der Waals surface area contributed by atoms with Crippen LogP contribution in [0, 0.1) is 62.1 Å². The number of Topliss-reactive ketones (excluding diaryl/α,β-unsaturated/α-hetero) is 1. The van der Waals surface area contributed by atoms with E-state index in [4.69, 9.17) is 10.5 Å². The van der Waals surface area contributed by atoms with Crippen LogP contribution in [-0.2, 0) is 4.79 Å². The first kappa shape index (κ1) is 13.7. The molecule has 0 amide bonds. The SMILES string of the molecule is C[C@]1(C(C#N)(C#N)C(C#N)C#N)CCCCC1=O. The molecular weight excluding hydrogens is 228 g/mol. The van der Waals surface area contributed by atoms with Gasteiger partial charge in [-0.15, -0.1) is 0 Å². The number of hydrogen-bond acceptors (Lipinski definition) is 5. The van der Waals surface area contributed by atoms with Gasteiger partial charge in [-0.3, -0.25) is 4.79 Å². The zero-order chi connectivity index (χ0) is 13.8. The smallest absolute Gasteiger partial charge is 0.184 e. The number of hydrogen-bond donors (Lipinski definition) is 0. The monoisotopic (exact) mass is 240 g/mol. The van der Waals surface area contributed by atoms with Gasteiger partial charge in [0.15, 0.2) is 11.3 Å². The lowest BCUT2D eigenvalue weighted by Crippen LogP contribution is -2.49. The lowest BCUT2D eigenvalue weighted by atomic mass is 9.54. The van der Waals surface area contributed by atoms with Gasteiger partial charge in [0.25, 0.3) is 0 Å². The van der Waals surface area contributed by atoms with Gasteiger partial charge in [-0.1, -0.05) is 6.42 Å². The predicted octanol–water partition coefficient (Wildman–Crippen LogP) is 1.83. The van der Waals surface area contributed by atoms with Crippen LogP contribution in [0.1, 0.15) is 32.6 Å². The molecule has 0 aromatic carbocycles. The summed E-state index contributed by atoms with van der Waals surface area (Å²) in [5, 5.41) is 36.6. The maximum atomic E-state index is 12.1. The molecule has 1 saturated carbocycles. The summed E-state index contributed by atoms with van der Waals surface area (Å²) >= 11 is 0. The molecule has 5 heteroatoms. The van der Waals surface area contributed by atoms with Crippen molar-refractivity contribution in [1.29, 1.82) is 21.0 Å². The molecule has 90 valence electrons. The van der Waals surface area contributed by atoms with Gasteiger partial charge in [0.05, 0.1) is 29.7 Å². The molecule has 0 aliphatic heterocycles. The lowest BCUT2D eigenvalue weighted by molar-refractivity contribution is -0.135. The van der Waals surface area contributed by atoms with E-state index in [1.54, 1.807) is 24.3 Å². The van der Waals surface area contributed by atoms with Crippen molar-refractivity contribution in [1.82, 2.24) is 0 Å². The van der Waals surface area contributed by atoms with Crippen LogP contribution in [0.4, 0.5) is 0 Å². The van der Waals surface area contributed by atoms with E-state index in [1.165, 1.54) is 6.92 Å². The van der Waals surface area contributed by atoms with Gasteiger partial charge in [-0.2, -0.15) is 21.0 Å². The van der Waals surface area contributed by atoms with Gasteiger partial charge in [-0.25, -0.2) is 0 Å². The number of nitrogens with zero attached hydrogens (tertiary/aromatic N) is 4. The minimum atomic E-state index is -1.88. The Morgan fingerprint density at radius 1 is 1.17 bits per heavy atom. The third-order valence-electron chi connectivity index (χ3n) is 3.86. The Kier molecular flexibility index (Phi) is 3.70. The van der Waals surface area contributed by atoms with Crippen molar-refractivity contribution >= 4 is 5.78 Å². The zero-order valence-corrected chi connectivity index (χ0v) is 10.1. The van der Waals surface area contributed by atoms with Crippen LogP contribution in [-0.4, -0.2) is 5.78 Å². The van der Waals surface area contributed by atoms with E-state index in [2.05, 4.69) is 0 Å². The second-order valence-electron chi connectivity index (χ2n) is 4.69. The van der Waals surface area contributed by atoms with Crippen molar-refractivity contribution in [3.05, 3.63) is 0 Å². The first-order valence-electron chi connectivity index (χ1n) is 5.67. The molecule has 0 unspecified atom stereocenters. The van der Waals surface area contributed by atoms with Crippen LogP contribution >= 0.6 is 0 Å². The highest BCUT2D eigenvalue weighted by atomic mass is 16.1. The Morgan fingerprint density at radius 3 is 2.11 bits per heavy atom. The molecule has 0 spiro atoms. The first-order valence-corrected chi connectivity index (χ1v) is 5.67. The van der Waals surface area contributed by atoms with E-state index in [0.29, 0.717) is 12.8 Å². The second kappa shape index (κ2) is 4.87. The summed E-state index contributed by atoms with van der Waals surface area (Å²) in [5.41, 5.74) is -3.11. The third kappa shape index (κ3) is 1.62. The fourth-order valence-electron chi connectivity index (χ4n) is 2.54. The Labute approximate surface area is 106 Å². The highest BCUT2D eigenvalue weighted by Crippen LogP contribution is 2.51. The topological polar surface area (TPSA) is 112 Å². The van der Waals surface area contributed by atoms with Crippen LogP contribution in [0.5, 0.6) is 0 Å². The summed E-state index contributed by atoms with van der Waals surface area (Å²) in [5.74, 6) is -1.62. The molecule has 0 heterocycles. The van der Waals surface area contributed by atoms with Crippen LogP contribution in [0.15, 0.2) is 0 Å². The molecule has 0 bridgehead atoms. The van der Waals surface area contributed by atoms with Crippen LogP contribution in [0.25, 0.3) is 0 Å². The summed E-state index contributed by atoms with van der Waals surface area (Å²) in [7, 11) is 0. The van der Waals surface area contributed by atoms with Crippen molar-refractivity contribution in [2.75, 3.05) is 0 Å². The molecule has 0 radical (unpaired) electrons. The maximum Gasteiger partial charge on any atom is 0.184 e. The molecule has 0 aromatic rings. The molecule has 0 saturated heterocycles. The van der Waals surface area contributed by atoms with Crippen molar-refractivity contribution in [3.8, 4) is 24.3 Å². The standard InChI is InChI=1S/C13H12N4O/c1-12(5-3-2-4-11(12)18)13(8-16,9-17)10(6-14)7-15/h10H,2-5H2,1H3/t12-/m0/s1. The molecule has 5 nitrogen and oxygen atoms in total. The van der Waals surface area contributed by atoms with Crippen LogP contribution in [0.3, 0.4) is 0 Å². The second-order valence-corrected chi connectivity index (χ2v) is 4.69. The fourth-order valence-corrected chi connectivity index (χ4v) is 2.54. The number of carbonyl (C=O) groups is 1. The predicted molar refractivity (Wildman–Crippen MR) is 60.0 cm³/mol. The molecular formula is C13H12N4O. The van der Waals surface area contributed by atoms with E-state index in [9.17, 15) is 15.3 Å². The van der Waals surface area contributed by atoms with E-state index in [1.807, 2.05) is 0 Å². The van der Waals surface area contributed by atoms with Gasteiger partial charge in [0, 0.05) is 6.42 Å². The Morgan fingerprint density at radius 2 is 1.72 bits per heavy atom. The van der Waals surface area contributed by atoms with E-state index in [-0.39, 0.29) is 5.78 Å². The lowest BCUT2D eigenvalue weighted by Gasteiger charge is -2.41. The fraction of sp³-hybridized carbons (Fsp3) is 0.615. The first-order chi connectivity index (χ1) is 8.52. The van der Waals surface area contributed by atoms with Crippen molar-refractivity contribution < 1.29 is 4.79 Å². The van der Waals surface area contributed by atoms with E-state index >= 15 is 0 Å². The van der Waals surface area contributed by atoms with Gasteiger partial charge in [0.2, 0.25) is 0 Å². The average molecular weight is 240 g/mol. The van der Waals surface area contributed by atoms with Gasteiger partial charge in [0.1, 0.15) is 5.78 Å². The number of ketones is 1. The molecule has 1 aliphatic carbocycles. The maximum absolute atomic E-state index is 12.1. The molecule has 1 rings (SSSR count). The van der Waals surface area contributed by atoms with Crippen LogP contribution < -0.4 is 0 Å². The van der Waals surface area contributed by atoms with E-state index < -0.39 is 16.7 Å². The molecule has 0 N–H and O–H groups in total. The number of carbonyl (C=O) groups excluding carboxylic acids is 1. The zero-order valence-electron chi connectivity index (χ0n) is 10.1. The van der Waals surface area contributed by atoms with Gasteiger partial charge < -0.3 is 0 Å². The van der Waals surface area contributed by atoms with Crippen molar-refractivity contribution in [3.63, 3.8) is 0 Å². The summed E-state index contributed by atoms with van der Waals surface area (Å²) < 4.78 is 0. The quantitative estimate of drug-likeness (QED) is 0.730. The molecule has 1 atom stereocenters. The Balaban J connectivity index is 3.44. The van der Waals surface area contributed by atoms with Crippen molar-refractivity contribution in [2.45, 2.75) is 32.6 Å². The largest absolute Gasteiger partial charge is 0.299 e. The van der Waals surface area contributed by atoms with Gasteiger partial charge >= 0.3 is 0 Å². The summed E-state index contributed by atoms with van der Waals surface area (Å²) in [6.45, 7) is 1.53. The summed E-state index contributed by atoms with van der Waals surface area (Å²) in [6, 6.07) is 6.92. The molecule has 1 fully saturated rings. The normalized spacial score (nSPS) is 23.6. The highest BCUT2D eigenvalue weighted by molar-refractivity contribution is 5.87. The summed E-state index contributed by atoms with van der Waals surface area (Å²) in [4.78, 5) is 12.1. The average Bonchev–Trinajstić information content (AvgIpc) is 2.39.